The van der Waals surface area contributed by atoms with E-state index in [2.05, 4.69) is 15.2 Å². The van der Waals surface area contributed by atoms with E-state index in [0.717, 1.165) is 37.0 Å². The van der Waals surface area contributed by atoms with Gasteiger partial charge in [0.15, 0.2) is 5.82 Å². The summed E-state index contributed by atoms with van der Waals surface area (Å²) in [6, 6.07) is 7.61. The summed E-state index contributed by atoms with van der Waals surface area (Å²) >= 11 is 0. The number of anilines is 1. The molecule has 1 amide bonds. The number of para-hydroxylation sites is 2. The van der Waals surface area contributed by atoms with Gasteiger partial charge in [0.2, 0.25) is 5.91 Å². The van der Waals surface area contributed by atoms with Gasteiger partial charge in [-0.3, -0.25) is 9.59 Å². The Balaban J connectivity index is 2.05. The first-order valence-electron chi connectivity index (χ1n) is 8.16. The van der Waals surface area contributed by atoms with Gasteiger partial charge in [-0.05, 0) is 31.4 Å². The molecule has 0 spiro atoms. The number of aryl methyl sites for hydroxylation is 1. The number of piperidine rings is 1. The number of nitrogens with zero attached hydrogens (tertiary/aromatic N) is 3. The lowest BCUT2D eigenvalue weighted by Gasteiger charge is -2.27. The van der Waals surface area contributed by atoms with Gasteiger partial charge < -0.3 is 14.8 Å². The second kappa shape index (κ2) is 6.81. The number of benzene rings is 1. The molecule has 1 N–H and O–H groups in total. The summed E-state index contributed by atoms with van der Waals surface area (Å²) in [6.07, 6.45) is 3.66. The van der Waals surface area contributed by atoms with Crippen molar-refractivity contribution >= 4 is 22.8 Å². The highest BCUT2D eigenvalue weighted by molar-refractivity contribution is 5.78. The van der Waals surface area contributed by atoms with Crippen molar-refractivity contribution in [2.24, 2.45) is 0 Å². The molecule has 1 aliphatic heterocycles. The number of aromatic nitrogens is 2. The summed E-state index contributed by atoms with van der Waals surface area (Å²) in [5.74, 6) is 0.442. The van der Waals surface area contributed by atoms with Crippen LogP contribution in [0, 0.1) is 0 Å². The molecular formula is C17H22N4O2. The van der Waals surface area contributed by atoms with Gasteiger partial charge in [-0.1, -0.05) is 12.1 Å². The second-order valence-electron chi connectivity index (χ2n) is 5.85. The van der Waals surface area contributed by atoms with Crippen LogP contribution < -0.4 is 15.8 Å². The van der Waals surface area contributed by atoms with E-state index in [1.165, 1.54) is 6.42 Å². The minimum atomic E-state index is -0.102. The van der Waals surface area contributed by atoms with E-state index in [1.807, 2.05) is 24.3 Å². The molecule has 0 bridgehead atoms. The fourth-order valence-corrected chi connectivity index (χ4v) is 3.05. The molecular weight excluding hydrogens is 292 g/mol. The first-order valence-corrected chi connectivity index (χ1v) is 8.16. The third-order valence-electron chi connectivity index (χ3n) is 4.33. The molecule has 0 aliphatic carbocycles. The molecule has 0 atom stereocenters. The highest BCUT2D eigenvalue weighted by Gasteiger charge is 2.19. The van der Waals surface area contributed by atoms with E-state index in [9.17, 15) is 9.59 Å². The summed E-state index contributed by atoms with van der Waals surface area (Å²) in [6.45, 7) is 2.11. The number of amides is 1. The van der Waals surface area contributed by atoms with Crippen LogP contribution in [0.25, 0.3) is 11.0 Å². The Bertz CT molecular complexity index is 763. The number of fused-ring (bicyclic) bond motifs is 1. The molecule has 1 saturated heterocycles. The molecule has 1 aliphatic rings. The molecule has 6 heteroatoms. The van der Waals surface area contributed by atoms with Crippen molar-refractivity contribution in [3.63, 3.8) is 0 Å². The molecule has 1 fully saturated rings. The van der Waals surface area contributed by atoms with Crippen molar-refractivity contribution in [2.75, 3.05) is 25.0 Å². The maximum absolute atomic E-state index is 12.9. The van der Waals surface area contributed by atoms with E-state index in [4.69, 9.17) is 0 Å². The molecule has 2 aromatic rings. The van der Waals surface area contributed by atoms with Crippen LogP contribution in [0.1, 0.15) is 25.7 Å². The fourth-order valence-electron chi connectivity index (χ4n) is 3.05. The standard InChI is InChI=1S/C17H22N4O2/c1-18-15(22)9-12-21-14-8-4-3-7-13(14)19-16(17(21)23)20-10-5-2-6-11-20/h3-4,7-8H,2,5-6,9-12H2,1H3,(H,18,22). The Morgan fingerprint density at radius 3 is 2.70 bits per heavy atom. The van der Waals surface area contributed by atoms with Gasteiger partial charge in [-0.25, -0.2) is 4.98 Å². The highest BCUT2D eigenvalue weighted by atomic mass is 16.1. The molecule has 6 nitrogen and oxygen atoms in total. The zero-order valence-electron chi connectivity index (χ0n) is 13.4. The van der Waals surface area contributed by atoms with Crippen molar-refractivity contribution in [2.45, 2.75) is 32.2 Å². The van der Waals surface area contributed by atoms with Crippen LogP contribution >= 0.6 is 0 Å². The van der Waals surface area contributed by atoms with Crippen LogP contribution in [-0.4, -0.2) is 35.6 Å². The Morgan fingerprint density at radius 1 is 1.22 bits per heavy atom. The Hall–Kier alpha value is -2.37. The number of carbonyl (C=O) groups excluding carboxylic acids is 1. The molecule has 1 aromatic heterocycles. The predicted octanol–water partition coefficient (Wildman–Crippen LogP) is 1.52. The van der Waals surface area contributed by atoms with Crippen LogP contribution in [0.4, 0.5) is 5.82 Å². The number of carbonyl (C=O) groups is 1. The van der Waals surface area contributed by atoms with Crippen LogP contribution in [-0.2, 0) is 11.3 Å². The summed E-state index contributed by atoms with van der Waals surface area (Å²) in [5.41, 5.74) is 1.47. The fraction of sp³-hybridized carbons (Fsp3) is 0.471. The highest BCUT2D eigenvalue weighted by Crippen LogP contribution is 2.18. The maximum atomic E-state index is 12.9. The molecule has 3 rings (SSSR count). The minimum Gasteiger partial charge on any atom is -0.359 e. The largest absolute Gasteiger partial charge is 0.359 e. The zero-order valence-corrected chi connectivity index (χ0v) is 13.4. The van der Waals surface area contributed by atoms with Gasteiger partial charge >= 0.3 is 0 Å². The first kappa shape index (κ1) is 15.5. The summed E-state index contributed by atoms with van der Waals surface area (Å²) in [7, 11) is 1.61. The Morgan fingerprint density at radius 2 is 1.96 bits per heavy atom. The molecule has 23 heavy (non-hydrogen) atoms. The number of hydrogen-bond acceptors (Lipinski definition) is 4. The lowest BCUT2D eigenvalue weighted by atomic mass is 10.1. The smallest absolute Gasteiger partial charge is 0.294 e. The van der Waals surface area contributed by atoms with E-state index in [-0.39, 0.29) is 17.9 Å². The number of rotatable bonds is 4. The number of hydrogen-bond donors (Lipinski definition) is 1. The van der Waals surface area contributed by atoms with Crippen molar-refractivity contribution in [1.29, 1.82) is 0 Å². The Kier molecular flexibility index (Phi) is 4.60. The summed E-state index contributed by atoms with van der Waals surface area (Å²) in [5, 5.41) is 2.60. The second-order valence-corrected chi connectivity index (χ2v) is 5.85. The number of nitrogens with one attached hydrogen (secondary N) is 1. The van der Waals surface area contributed by atoms with Crippen LogP contribution in [0.5, 0.6) is 0 Å². The molecule has 0 saturated carbocycles. The van der Waals surface area contributed by atoms with E-state index in [0.29, 0.717) is 12.4 Å². The van der Waals surface area contributed by atoms with Gasteiger partial charge in [-0.2, -0.15) is 0 Å². The lowest BCUT2D eigenvalue weighted by molar-refractivity contribution is -0.120. The van der Waals surface area contributed by atoms with E-state index >= 15 is 0 Å². The maximum Gasteiger partial charge on any atom is 0.294 e. The topological polar surface area (TPSA) is 67.2 Å². The van der Waals surface area contributed by atoms with Gasteiger partial charge in [0, 0.05) is 33.1 Å². The quantitative estimate of drug-likeness (QED) is 0.929. The van der Waals surface area contributed by atoms with Gasteiger partial charge in [-0.15, -0.1) is 0 Å². The van der Waals surface area contributed by atoms with Crippen LogP contribution in [0.2, 0.25) is 0 Å². The average molecular weight is 314 g/mol. The van der Waals surface area contributed by atoms with Crippen molar-refractivity contribution in [3.8, 4) is 0 Å². The van der Waals surface area contributed by atoms with Crippen molar-refractivity contribution < 1.29 is 4.79 Å². The van der Waals surface area contributed by atoms with Gasteiger partial charge in [0.1, 0.15) is 0 Å². The first-order chi connectivity index (χ1) is 11.2. The zero-order chi connectivity index (χ0) is 16.2. The molecule has 122 valence electrons. The molecule has 0 unspecified atom stereocenters. The monoisotopic (exact) mass is 314 g/mol. The van der Waals surface area contributed by atoms with Crippen LogP contribution in [0.15, 0.2) is 29.1 Å². The third kappa shape index (κ3) is 3.21. The third-order valence-corrected chi connectivity index (χ3v) is 4.33. The average Bonchev–Trinajstić information content (AvgIpc) is 2.61. The SMILES string of the molecule is CNC(=O)CCn1c(=O)c(N2CCCCC2)nc2ccccc21. The van der Waals surface area contributed by atoms with Gasteiger partial charge in [0.25, 0.3) is 5.56 Å². The van der Waals surface area contributed by atoms with E-state index in [1.54, 1.807) is 11.6 Å². The van der Waals surface area contributed by atoms with Crippen molar-refractivity contribution in [3.05, 3.63) is 34.6 Å². The van der Waals surface area contributed by atoms with Gasteiger partial charge in [0.05, 0.1) is 11.0 Å². The molecule has 2 heterocycles. The normalized spacial score (nSPS) is 14.9. The molecule has 0 radical (unpaired) electrons. The summed E-state index contributed by atoms with van der Waals surface area (Å²) < 4.78 is 1.68. The van der Waals surface area contributed by atoms with Crippen LogP contribution in [0.3, 0.4) is 0 Å². The predicted molar refractivity (Wildman–Crippen MR) is 90.8 cm³/mol. The van der Waals surface area contributed by atoms with E-state index < -0.39 is 0 Å². The molecule has 1 aromatic carbocycles. The minimum absolute atomic E-state index is 0.0719. The van der Waals surface area contributed by atoms with Crippen molar-refractivity contribution in [1.82, 2.24) is 14.9 Å². The lowest BCUT2D eigenvalue weighted by Crippen LogP contribution is -2.37. The summed E-state index contributed by atoms with van der Waals surface area (Å²) in [4.78, 5) is 31.2. The Labute approximate surface area is 135 Å².